The lowest BCUT2D eigenvalue weighted by molar-refractivity contribution is 0.102. The number of hydrogen-bond donors (Lipinski definition) is 3. The topological polar surface area (TPSA) is 88.2 Å². The van der Waals surface area contributed by atoms with E-state index in [4.69, 9.17) is 5.73 Å². The molecule has 0 aliphatic carbocycles. The van der Waals surface area contributed by atoms with E-state index < -0.39 is 0 Å². The van der Waals surface area contributed by atoms with Gasteiger partial charge in [-0.2, -0.15) is 0 Å². The zero-order chi connectivity index (χ0) is 14.0. The third-order valence-corrected chi connectivity index (χ3v) is 3.38. The van der Waals surface area contributed by atoms with Crippen LogP contribution in [0.1, 0.15) is 34.6 Å². The van der Waals surface area contributed by atoms with Crippen LogP contribution in [-0.4, -0.2) is 16.0 Å². The zero-order valence-electron chi connectivity index (χ0n) is 10.7. The number of nitrogens with one attached hydrogen (secondary N) is 1. The van der Waals surface area contributed by atoms with Crippen LogP contribution in [0.2, 0.25) is 0 Å². The molecule has 1 aromatic carbocycles. The van der Waals surface area contributed by atoms with Crippen molar-refractivity contribution < 1.29 is 9.90 Å². The summed E-state index contributed by atoms with van der Waals surface area (Å²) in [5.41, 5.74) is 7.57. The molecule has 1 atom stereocenters. The van der Waals surface area contributed by atoms with Crippen LogP contribution in [0.25, 0.3) is 0 Å². The van der Waals surface area contributed by atoms with Crippen LogP contribution in [0.3, 0.4) is 0 Å². The Bertz CT molecular complexity index is 608. The molecule has 1 heterocycles. The normalized spacial score (nSPS) is 12.2. The molecule has 1 aromatic heterocycles. The van der Waals surface area contributed by atoms with Gasteiger partial charge in [-0.3, -0.25) is 10.1 Å². The van der Waals surface area contributed by atoms with Gasteiger partial charge in [-0.05, 0) is 26.0 Å². The summed E-state index contributed by atoms with van der Waals surface area (Å²) in [6.45, 7) is 3.68. The SMILES string of the molecule is Cc1ccc(O)c(C(=O)Nc2nc(C(C)N)cs2)c1. The van der Waals surface area contributed by atoms with Crippen molar-refractivity contribution in [1.29, 1.82) is 0 Å². The van der Waals surface area contributed by atoms with E-state index in [1.807, 2.05) is 13.8 Å². The number of rotatable bonds is 3. The first-order valence-electron chi connectivity index (χ1n) is 5.79. The summed E-state index contributed by atoms with van der Waals surface area (Å²) >= 11 is 1.31. The van der Waals surface area contributed by atoms with Gasteiger partial charge >= 0.3 is 0 Å². The lowest BCUT2D eigenvalue weighted by Gasteiger charge is -2.05. The molecule has 4 N–H and O–H groups in total. The van der Waals surface area contributed by atoms with E-state index in [0.717, 1.165) is 11.3 Å². The Morgan fingerprint density at radius 1 is 1.53 bits per heavy atom. The van der Waals surface area contributed by atoms with Gasteiger partial charge in [0.15, 0.2) is 5.13 Å². The average molecular weight is 277 g/mol. The highest BCUT2D eigenvalue weighted by Crippen LogP contribution is 2.23. The van der Waals surface area contributed by atoms with Crippen molar-refractivity contribution in [3.63, 3.8) is 0 Å². The van der Waals surface area contributed by atoms with E-state index in [0.29, 0.717) is 5.13 Å². The highest BCUT2D eigenvalue weighted by molar-refractivity contribution is 7.14. The number of hydrogen-bond acceptors (Lipinski definition) is 5. The summed E-state index contributed by atoms with van der Waals surface area (Å²) in [6, 6.07) is 4.70. The fourth-order valence-corrected chi connectivity index (χ4v) is 2.36. The number of thiazole rings is 1. The molecule has 0 saturated heterocycles. The number of nitrogens with zero attached hydrogens (tertiary/aromatic N) is 1. The van der Waals surface area contributed by atoms with Gasteiger partial charge in [0.1, 0.15) is 5.75 Å². The van der Waals surface area contributed by atoms with Crippen molar-refractivity contribution in [3.05, 3.63) is 40.4 Å². The molecule has 1 amide bonds. The number of benzene rings is 1. The van der Waals surface area contributed by atoms with Crippen molar-refractivity contribution >= 4 is 22.4 Å². The number of carbonyl (C=O) groups excluding carboxylic acids is 1. The second-order valence-corrected chi connectivity index (χ2v) is 5.20. The first-order valence-corrected chi connectivity index (χ1v) is 6.67. The van der Waals surface area contributed by atoms with Crippen LogP contribution >= 0.6 is 11.3 Å². The maximum atomic E-state index is 12.0. The fourth-order valence-electron chi connectivity index (χ4n) is 1.55. The number of aryl methyl sites for hydroxylation is 1. The van der Waals surface area contributed by atoms with Crippen LogP contribution in [0.4, 0.5) is 5.13 Å². The van der Waals surface area contributed by atoms with Crippen LogP contribution in [0.5, 0.6) is 5.75 Å². The number of anilines is 1. The maximum absolute atomic E-state index is 12.0. The Labute approximate surface area is 115 Å². The van der Waals surface area contributed by atoms with Gasteiger partial charge in [-0.1, -0.05) is 11.6 Å². The molecule has 5 nitrogen and oxygen atoms in total. The van der Waals surface area contributed by atoms with Crippen molar-refractivity contribution in [2.75, 3.05) is 5.32 Å². The predicted octanol–water partition coefficient (Wildman–Crippen LogP) is 2.43. The maximum Gasteiger partial charge on any atom is 0.261 e. The quantitative estimate of drug-likeness (QED) is 0.804. The number of phenols is 1. The highest BCUT2D eigenvalue weighted by Gasteiger charge is 2.14. The molecular formula is C13H15N3O2S. The fraction of sp³-hybridized carbons (Fsp3) is 0.231. The lowest BCUT2D eigenvalue weighted by atomic mass is 10.1. The van der Waals surface area contributed by atoms with Crippen molar-refractivity contribution in [1.82, 2.24) is 4.98 Å². The molecule has 0 saturated carbocycles. The van der Waals surface area contributed by atoms with Crippen molar-refractivity contribution in [3.8, 4) is 5.75 Å². The molecule has 2 aromatic rings. The number of amides is 1. The summed E-state index contributed by atoms with van der Waals surface area (Å²) < 4.78 is 0. The van der Waals surface area contributed by atoms with Crippen molar-refractivity contribution in [2.24, 2.45) is 5.73 Å². The molecule has 0 aliphatic rings. The minimum Gasteiger partial charge on any atom is -0.507 e. The van der Waals surface area contributed by atoms with Crippen LogP contribution in [0, 0.1) is 6.92 Å². The molecular weight excluding hydrogens is 262 g/mol. The van der Waals surface area contributed by atoms with E-state index in [-0.39, 0.29) is 23.3 Å². The first-order chi connectivity index (χ1) is 8.97. The van der Waals surface area contributed by atoms with Crippen LogP contribution in [0.15, 0.2) is 23.6 Å². The van der Waals surface area contributed by atoms with Crippen LogP contribution < -0.4 is 11.1 Å². The smallest absolute Gasteiger partial charge is 0.261 e. The van der Waals surface area contributed by atoms with Gasteiger partial charge in [0.2, 0.25) is 0 Å². The third-order valence-electron chi connectivity index (χ3n) is 2.61. The molecule has 0 radical (unpaired) electrons. The van der Waals surface area contributed by atoms with Gasteiger partial charge in [0.05, 0.1) is 11.3 Å². The Morgan fingerprint density at radius 2 is 2.26 bits per heavy atom. The number of nitrogens with two attached hydrogens (primary N) is 1. The van der Waals surface area contributed by atoms with Gasteiger partial charge in [0, 0.05) is 11.4 Å². The number of carbonyl (C=O) groups is 1. The number of phenolic OH excluding ortho intramolecular Hbond substituents is 1. The van der Waals surface area contributed by atoms with Gasteiger partial charge < -0.3 is 10.8 Å². The largest absolute Gasteiger partial charge is 0.507 e. The zero-order valence-corrected chi connectivity index (χ0v) is 11.5. The first kappa shape index (κ1) is 13.5. The van der Waals surface area contributed by atoms with Gasteiger partial charge in [0.25, 0.3) is 5.91 Å². The third kappa shape index (κ3) is 3.10. The molecule has 0 spiro atoms. The Hall–Kier alpha value is -1.92. The molecule has 1 unspecified atom stereocenters. The Kier molecular flexibility index (Phi) is 3.82. The molecule has 2 rings (SSSR count). The summed E-state index contributed by atoms with van der Waals surface area (Å²) in [5.74, 6) is -0.432. The standard InChI is InChI=1S/C13H15N3O2S/c1-7-3-4-11(17)9(5-7)12(18)16-13-15-10(6-19-13)8(2)14/h3-6,8,17H,14H2,1-2H3,(H,15,16,18). The van der Waals surface area contributed by atoms with Crippen LogP contribution in [-0.2, 0) is 0 Å². The summed E-state index contributed by atoms with van der Waals surface area (Å²) in [4.78, 5) is 16.2. The molecule has 6 heteroatoms. The highest BCUT2D eigenvalue weighted by atomic mass is 32.1. The Morgan fingerprint density at radius 3 is 2.89 bits per heavy atom. The van der Waals surface area contributed by atoms with E-state index in [9.17, 15) is 9.90 Å². The summed E-state index contributed by atoms with van der Waals surface area (Å²) in [7, 11) is 0. The van der Waals surface area contributed by atoms with E-state index in [1.165, 1.54) is 17.4 Å². The predicted molar refractivity (Wildman–Crippen MR) is 75.5 cm³/mol. The van der Waals surface area contributed by atoms with Gasteiger partial charge in [-0.15, -0.1) is 11.3 Å². The molecule has 0 fully saturated rings. The summed E-state index contributed by atoms with van der Waals surface area (Å²) in [6.07, 6.45) is 0. The number of aromatic hydroxyl groups is 1. The monoisotopic (exact) mass is 277 g/mol. The molecule has 19 heavy (non-hydrogen) atoms. The number of aromatic nitrogens is 1. The lowest BCUT2D eigenvalue weighted by Crippen LogP contribution is -2.12. The average Bonchev–Trinajstić information content (AvgIpc) is 2.80. The minimum atomic E-state index is -0.383. The van der Waals surface area contributed by atoms with E-state index >= 15 is 0 Å². The van der Waals surface area contributed by atoms with E-state index in [1.54, 1.807) is 17.5 Å². The molecule has 0 bridgehead atoms. The molecule has 0 aliphatic heterocycles. The minimum absolute atomic E-state index is 0.0490. The Balaban J connectivity index is 2.18. The molecule has 100 valence electrons. The summed E-state index contributed by atoms with van der Waals surface area (Å²) in [5, 5.41) is 14.6. The van der Waals surface area contributed by atoms with E-state index in [2.05, 4.69) is 10.3 Å². The van der Waals surface area contributed by atoms with Crippen molar-refractivity contribution in [2.45, 2.75) is 19.9 Å². The second kappa shape index (κ2) is 5.38. The van der Waals surface area contributed by atoms with Gasteiger partial charge in [-0.25, -0.2) is 4.98 Å². The second-order valence-electron chi connectivity index (χ2n) is 4.34.